The van der Waals surface area contributed by atoms with Gasteiger partial charge in [-0.05, 0) is 25.5 Å². The zero-order valence-electron chi connectivity index (χ0n) is 10.7. The molecule has 1 heterocycles. The third kappa shape index (κ3) is 3.73. The Morgan fingerprint density at radius 2 is 2.18 bits per heavy atom. The fraction of sp³-hybridized carbons (Fsp3) is 0.462. The molecule has 0 bridgehead atoms. The van der Waals surface area contributed by atoms with Gasteiger partial charge in [-0.1, -0.05) is 13.5 Å². The van der Waals surface area contributed by atoms with Gasteiger partial charge >= 0.3 is 0 Å². The highest BCUT2D eigenvalue weighted by atomic mass is 32.2. The molecular weight excluding hydrogens is 235 g/mol. The van der Waals surface area contributed by atoms with Gasteiger partial charge in [0.2, 0.25) is 0 Å². The third-order valence-corrected chi connectivity index (χ3v) is 3.88. The average Bonchev–Trinajstić information content (AvgIpc) is 2.28. The van der Waals surface area contributed by atoms with Crippen molar-refractivity contribution in [2.75, 3.05) is 12.4 Å². The van der Waals surface area contributed by atoms with Crippen LogP contribution in [0.3, 0.4) is 0 Å². The van der Waals surface area contributed by atoms with E-state index in [0.29, 0.717) is 0 Å². The first kappa shape index (κ1) is 14.0. The maximum atomic E-state index is 13.1. The predicted molar refractivity (Wildman–Crippen MR) is 75.2 cm³/mol. The molecule has 0 aromatic carbocycles. The molecule has 0 aliphatic heterocycles. The van der Waals surface area contributed by atoms with Crippen LogP contribution in [0.4, 0.5) is 10.2 Å². The number of thioether (sulfide) groups is 1. The molecule has 2 unspecified atom stereocenters. The van der Waals surface area contributed by atoms with E-state index >= 15 is 0 Å². The normalized spacial score (nSPS) is 14.2. The van der Waals surface area contributed by atoms with E-state index in [0.717, 1.165) is 21.8 Å². The quantitative estimate of drug-likeness (QED) is 0.863. The van der Waals surface area contributed by atoms with Crippen LogP contribution in [0.2, 0.25) is 0 Å². The van der Waals surface area contributed by atoms with Crippen LogP contribution in [-0.2, 0) is 0 Å². The zero-order valence-corrected chi connectivity index (χ0v) is 11.6. The average molecular weight is 254 g/mol. The number of alkyl halides is 1. The maximum absolute atomic E-state index is 13.1. The van der Waals surface area contributed by atoms with Gasteiger partial charge in [0.1, 0.15) is 12.0 Å². The predicted octanol–water partition coefficient (Wildman–Crippen LogP) is 3.88. The van der Waals surface area contributed by atoms with Gasteiger partial charge in [0.25, 0.3) is 0 Å². The van der Waals surface area contributed by atoms with E-state index in [1.54, 1.807) is 13.1 Å². The number of nitrogens with zero attached hydrogens (tertiary/aromatic N) is 1. The highest BCUT2D eigenvalue weighted by Gasteiger charge is 2.14. The second-order valence-corrected chi connectivity index (χ2v) is 5.54. The van der Waals surface area contributed by atoms with Crippen molar-refractivity contribution in [2.45, 2.75) is 32.2 Å². The minimum atomic E-state index is -0.845. The standard InChI is InChI=1S/C13H19FN2S/c1-8-6-12(7-16-13(8)15-5)11(4)17-10(3)9(2)14/h6-7,9-10H,4H2,1-3,5H3,(H,15,16). The molecule has 1 aromatic heterocycles. The summed E-state index contributed by atoms with van der Waals surface area (Å²) in [5, 5.41) is 2.92. The van der Waals surface area contributed by atoms with Crippen LogP contribution >= 0.6 is 11.8 Å². The Kier molecular flexibility index (Phi) is 5.00. The molecule has 0 aliphatic rings. The second-order valence-electron chi connectivity index (χ2n) is 4.06. The second kappa shape index (κ2) is 6.05. The molecule has 1 aromatic rings. The molecule has 94 valence electrons. The summed E-state index contributed by atoms with van der Waals surface area (Å²) in [4.78, 5) is 5.15. The van der Waals surface area contributed by atoms with Gasteiger partial charge in [-0.3, -0.25) is 0 Å². The molecule has 1 rings (SSSR count). The van der Waals surface area contributed by atoms with Crippen LogP contribution in [-0.4, -0.2) is 23.5 Å². The molecule has 1 N–H and O–H groups in total. The smallest absolute Gasteiger partial charge is 0.128 e. The van der Waals surface area contributed by atoms with Crippen molar-refractivity contribution >= 4 is 22.5 Å². The number of rotatable bonds is 5. The number of hydrogen-bond donors (Lipinski definition) is 1. The van der Waals surface area contributed by atoms with Gasteiger partial charge < -0.3 is 5.32 Å². The van der Waals surface area contributed by atoms with E-state index in [4.69, 9.17) is 0 Å². The summed E-state index contributed by atoms with van der Waals surface area (Å²) in [7, 11) is 1.84. The largest absolute Gasteiger partial charge is 0.373 e. The number of anilines is 1. The van der Waals surface area contributed by atoms with Crippen LogP contribution in [0.25, 0.3) is 4.91 Å². The molecular formula is C13H19FN2S. The van der Waals surface area contributed by atoms with E-state index < -0.39 is 6.17 Å². The minimum Gasteiger partial charge on any atom is -0.373 e. The zero-order chi connectivity index (χ0) is 13.0. The van der Waals surface area contributed by atoms with Gasteiger partial charge in [0, 0.05) is 29.0 Å². The summed E-state index contributed by atoms with van der Waals surface area (Å²) in [5.41, 5.74) is 2.02. The summed E-state index contributed by atoms with van der Waals surface area (Å²) in [5.74, 6) is 0.860. The Labute approximate surface area is 107 Å². The summed E-state index contributed by atoms with van der Waals surface area (Å²) in [6.07, 6.45) is 0.923. The van der Waals surface area contributed by atoms with E-state index in [-0.39, 0.29) is 5.25 Å². The first-order valence-corrected chi connectivity index (χ1v) is 6.48. The van der Waals surface area contributed by atoms with Gasteiger partial charge in [-0.25, -0.2) is 9.37 Å². The molecule has 2 nitrogen and oxygen atoms in total. The van der Waals surface area contributed by atoms with Crippen LogP contribution in [0.5, 0.6) is 0 Å². The minimum absolute atomic E-state index is 0.0909. The van der Waals surface area contributed by atoms with Crippen molar-refractivity contribution in [3.63, 3.8) is 0 Å². The van der Waals surface area contributed by atoms with Crippen molar-refractivity contribution < 1.29 is 4.39 Å². The molecule has 4 heteroatoms. The number of hydrogen-bond acceptors (Lipinski definition) is 3. The van der Waals surface area contributed by atoms with Gasteiger partial charge in [0.05, 0.1) is 0 Å². The number of pyridine rings is 1. The van der Waals surface area contributed by atoms with Gasteiger partial charge in [-0.2, -0.15) is 0 Å². The van der Waals surface area contributed by atoms with Crippen molar-refractivity contribution in [1.82, 2.24) is 4.98 Å². The molecule has 0 aliphatic carbocycles. The molecule has 0 amide bonds. The van der Waals surface area contributed by atoms with Crippen LogP contribution in [0.1, 0.15) is 25.0 Å². The number of aryl methyl sites for hydroxylation is 1. The molecule has 0 spiro atoms. The molecule has 0 fully saturated rings. The number of halogens is 1. The number of aromatic nitrogens is 1. The molecule has 17 heavy (non-hydrogen) atoms. The van der Waals surface area contributed by atoms with Crippen molar-refractivity contribution in [2.24, 2.45) is 0 Å². The molecule has 2 atom stereocenters. The molecule has 0 radical (unpaired) electrons. The van der Waals surface area contributed by atoms with E-state index in [1.807, 2.05) is 27.0 Å². The highest BCUT2D eigenvalue weighted by molar-refractivity contribution is 8.08. The third-order valence-electron chi connectivity index (χ3n) is 2.61. The Bertz CT molecular complexity index is 404. The maximum Gasteiger partial charge on any atom is 0.128 e. The highest BCUT2D eigenvalue weighted by Crippen LogP contribution is 2.32. The summed E-state index contributed by atoms with van der Waals surface area (Å²) < 4.78 is 13.1. The Morgan fingerprint density at radius 3 is 2.65 bits per heavy atom. The first-order valence-electron chi connectivity index (χ1n) is 5.60. The van der Waals surface area contributed by atoms with E-state index in [1.165, 1.54) is 11.8 Å². The fourth-order valence-corrected chi connectivity index (χ4v) is 2.26. The van der Waals surface area contributed by atoms with Crippen molar-refractivity contribution in [3.8, 4) is 0 Å². The lowest BCUT2D eigenvalue weighted by atomic mass is 10.2. The van der Waals surface area contributed by atoms with Crippen LogP contribution in [0.15, 0.2) is 18.8 Å². The SMILES string of the molecule is C=C(SC(C)C(C)F)c1cnc(NC)c(C)c1. The summed E-state index contributed by atoms with van der Waals surface area (Å²) >= 11 is 1.45. The number of nitrogens with one attached hydrogen (secondary N) is 1. The molecule has 0 saturated heterocycles. The van der Waals surface area contributed by atoms with E-state index in [9.17, 15) is 4.39 Å². The van der Waals surface area contributed by atoms with Crippen LogP contribution in [0, 0.1) is 6.92 Å². The summed E-state index contributed by atoms with van der Waals surface area (Å²) in [6.45, 7) is 9.40. The molecule has 0 saturated carbocycles. The summed E-state index contributed by atoms with van der Waals surface area (Å²) in [6, 6.07) is 2.02. The fourth-order valence-electron chi connectivity index (χ4n) is 1.38. The van der Waals surface area contributed by atoms with Gasteiger partial charge in [0.15, 0.2) is 0 Å². The lowest BCUT2D eigenvalue weighted by Crippen LogP contribution is -2.10. The van der Waals surface area contributed by atoms with Crippen LogP contribution < -0.4 is 5.32 Å². The Balaban J connectivity index is 2.80. The van der Waals surface area contributed by atoms with Crippen molar-refractivity contribution in [3.05, 3.63) is 30.0 Å². The first-order chi connectivity index (χ1) is 7.95. The monoisotopic (exact) mass is 254 g/mol. The Morgan fingerprint density at radius 1 is 1.53 bits per heavy atom. The topological polar surface area (TPSA) is 24.9 Å². The van der Waals surface area contributed by atoms with Gasteiger partial charge in [-0.15, -0.1) is 11.8 Å². The van der Waals surface area contributed by atoms with Crippen molar-refractivity contribution in [1.29, 1.82) is 0 Å². The van der Waals surface area contributed by atoms with E-state index in [2.05, 4.69) is 16.9 Å². The lowest BCUT2D eigenvalue weighted by molar-refractivity contribution is 0.361. The lowest BCUT2D eigenvalue weighted by Gasteiger charge is -2.15. The Hall–Kier alpha value is -1.03.